The Morgan fingerprint density at radius 1 is 1.00 bits per heavy atom. The first kappa shape index (κ1) is 25.6. The van der Waals surface area contributed by atoms with Crippen molar-refractivity contribution >= 4 is 108 Å². The van der Waals surface area contributed by atoms with E-state index in [-0.39, 0.29) is 108 Å². The third kappa shape index (κ3) is 9.14. The molecule has 0 saturated carbocycles. The molecule has 0 bridgehead atoms. The molecule has 0 nitrogen and oxygen atoms in total. The number of hydrogen-bond donors (Lipinski definition) is 0. The van der Waals surface area contributed by atoms with Crippen molar-refractivity contribution < 1.29 is 0 Å². The van der Waals surface area contributed by atoms with Gasteiger partial charge < -0.3 is 0 Å². The van der Waals surface area contributed by atoms with E-state index in [1.807, 2.05) is 0 Å². The van der Waals surface area contributed by atoms with Gasteiger partial charge in [0, 0.05) is 98.0 Å². The molecule has 0 heterocycles. The fraction of sp³-hybridized carbons (Fsp3) is 0. The first-order valence-electron chi connectivity index (χ1n) is 0. The van der Waals surface area contributed by atoms with Crippen molar-refractivity contribution in [3.8, 4) is 0 Å². The molecule has 0 aromatic carbocycles. The van der Waals surface area contributed by atoms with Gasteiger partial charge in [-0.3, -0.25) is 0 Å². The summed E-state index contributed by atoms with van der Waals surface area (Å²) in [5.74, 6) is 0. The molecule has 0 aromatic rings. The molecular formula is H3KNaPSe. The van der Waals surface area contributed by atoms with Crippen molar-refractivity contribution in [1.82, 2.24) is 0 Å². The Morgan fingerprint density at radius 2 is 1.00 bits per heavy atom. The second-order valence-electron chi connectivity index (χ2n) is 0. The molecule has 16 valence electrons. The van der Waals surface area contributed by atoms with E-state index in [9.17, 15) is 0 Å². The topological polar surface area (TPSA) is 0 Å². The normalized spacial score (nSPS) is 0. The summed E-state index contributed by atoms with van der Waals surface area (Å²) in [5, 5.41) is 0. The van der Waals surface area contributed by atoms with E-state index < -0.39 is 0 Å². The summed E-state index contributed by atoms with van der Waals surface area (Å²) in [7, 11) is 0. The largest absolute Gasteiger partial charge is 0.153 e. The van der Waals surface area contributed by atoms with E-state index in [0.29, 0.717) is 0 Å². The smallest absolute Gasteiger partial charge is 0 e. The molecule has 0 aliphatic rings. The third-order valence-electron chi connectivity index (χ3n) is 0. The molecule has 0 fully saturated rings. The van der Waals surface area contributed by atoms with Crippen LogP contribution in [0.5, 0.6) is 0 Å². The Bertz CT molecular complexity index is 8.00. The summed E-state index contributed by atoms with van der Waals surface area (Å²) >= 11 is 0. The fourth-order valence-electron chi connectivity index (χ4n) is 0. The predicted molar refractivity (Wildman–Crippen MR) is 28.4 cm³/mol. The van der Waals surface area contributed by atoms with Crippen LogP contribution in [0.3, 0.4) is 0 Å². The van der Waals surface area contributed by atoms with E-state index in [2.05, 4.69) is 0 Å². The van der Waals surface area contributed by atoms with E-state index in [4.69, 9.17) is 0 Å². The molecule has 4 radical (unpaired) electrons. The minimum Gasteiger partial charge on any atom is -0.153 e. The van der Waals surface area contributed by atoms with Gasteiger partial charge in [0.05, 0.1) is 0 Å². The van der Waals surface area contributed by atoms with Crippen LogP contribution in [0, 0.1) is 0 Å². The number of hydrogen-bond acceptors (Lipinski definition) is 0. The van der Waals surface area contributed by atoms with E-state index in [0.717, 1.165) is 0 Å². The molecule has 0 aliphatic carbocycles. The maximum atomic E-state index is 0. The fourth-order valence-corrected chi connectivity index (χ4v) is 0. The van der Waals surface area contributed by atoms with Crippen LogP contribution in [0.2, 0.25) is 0 Å². The van der Waals surface area contributed by atoms with Crippen molar-refractivity contribution in [1.29, 1.82) is 0 Å². The van der Waals surface area contributed by atoms with Gasteiger partial charge in [-0.2, -0.15) is 9.90 Å². The molecule has 1 atom stereocenters. The maximum Gasteiger partial charge on any atom is 0 e. The van der Waals surface area contributed by atoms with Crippen LogP contribution in [0.15, 0.2) is 0 Å². The molecule has 1 unspecified atom stereocenters. The van der Waals surface area contributed by atoms with Crippen LogP contribution in [-0.4, -0.2) is 98.0 Å². The summed E-state index contributed by atoms with van der Waals surface area (Å²) in [5.41, 5.74) is 0. The van der Waals surface area contributed by atoms with Gasteiger partial charge in [0.1, 0.15) is 0 Å². The average molecular weight is 175 g/mol. The monoisotopic (exact) mass is 176 g/mol. The Morgan fingerprint density at radius 3 is 1.00 bits per heavy atom. The second-order valence-corrected chi connectivity index (χ2v) is 0. The van der Waals surface area contributed by atoms with Crippen molar-refractivity contribution in [2.24, 2.45) is 0 Å². The summed E-state index contributed by atoms with van der Waals surface area (Å²) in [4.78, 5) is 0. The predicted octanol–water partition coefficient (Wildman–Crippen LogP) is -1.08. The minimum absolute atomic E-state index is 0. The zero-order valence-electron chi connectivity index (χ0n) is 3.12. The third-order valence-corrected chi connectivity index (χ3v) is 0. The molecular weight excluding hydrogens is 172 g/mol. The summed E-state index contributed by atoms with van der Waals surface area (Å²) in [6, 6.07) is 0. The van der Waals surface area contributed by atoms with Crippen molar-refractivity contribution in [3.63, 3.8) is 0 Å². The second kappa shape index (κ2) is 16.0. The molecule has 0 aliphatic heterocycles. The molecule has 4 heteroatoms. The summed E-state index contributed by atoms with van der Waals surface area (Å²) in [6.07, 6.45) is 0. The van der Waals surface area contributed by atoms with Crippen LogP contribution in [-0.2, 0) is 0 Å². The van der Waals surface area contributed by atoms with E-state index in [1.54, 1.807) is 0 Å². The molecule has 0 amide bonds. The van der Waals surface area contributed by atoms with Gasteiger partial charge in [-0.25, -0.2) is 0 Å². The SMILES string of the molecule is P.[K].[Na].[Se]. The minimum atomic E-state index is 0. The number of rotatable bonds is 0. The van der Waals surface area contributed by atoms with Crippen LogP contribution in [0.4, 0.5) is 0 Å². The van der Waals surface area contributed by atoms with Gasteiger partial charge in [-0.05, 0) is 0 Å². The zero-order valence-corrected chi connectivity index (χ0v) is 11.4. The van der Waals surface area contributed by atoms with E-state index in [1.165, 1.54) is 0 Å². The Labute approximate surface area is 105 Å². The maximum absolute atomic E-state index is 0. The van der Waals surface area contributed by atoms with Crippen LogP contribution in [0.1, 0.15) is 0 Å². The van der Waals surface area contributed by atoms with Crippen molar-refractivity contribution in [2.45, 2.75) is 0 Å². The van der Waals surface area contributed by atoms with Gasteiger partial charge in [-0.1, -0.05) is 0 Å². The van der Waals surface area contributed by atoms with Gasteiger partial charge in [0.15, 0.2) is 0 Å². The molecule has 0 saturated heterocycles. The van der Waals surface area contributed by atoms with Gasteiger partial charge >= 0.3 is 0 Å². The first-order chi connectivity index (χ1) is 0. The van der Waals surface area contributed by atoms with Crippen molar-refractivity contribution in [3.05, 3.63) is 0 Å². The molecule has 0 rings (SSSR count). The zero-order chi connectivity index (χ0) is 0. The molecule has 0 N–H and O–H groups in total. The van der Waals surface area contributed by atoms with Gasteiger partial charge in [0.2, 0.25) is 0 Å². The van der Waals surface area contributed by atoms with Gasteiger partial charge in [-0.15, -0.1) is 0 Å². The molecule has 0 spiro atoms. The standard InChI is InChI=1S/K.Na.H3P.Se/h;;1H3;. The van der Waals surface area contributed by atoms with Crippen LogP contribution < -0.4 is 0 Å². The van der Waals surface area contributed by atoms with Crippen molar-refractivity contribution in [2.75, 3.05) is 0 Å². The van der Waals surface area contributed by atoms with Gasteiger partial charge in [0.25, 0.3) is 0 Å². The Balaban J connectivity index is 0. The summed E-state index contributed by atoms with van der Waals surface area (Å²) in [6.45, 7) is 0. The quantitative estimate of drug-likeness (QED) is 0.324. The Kier molecular flexibility index (Phi) is 102. The molecule has 0 aromatic heterocycles. The van der Waals surface area contributed by atoms with Crippen LogP contribution >= 0.6 is 9.90 Å². The average Bonchev–Trinajstić information content (AvgIpc) is 0. The van der Waals surface area contributed by atoms with Crippen LogP contribution in [0.25, 0.3) is 0 Å². The van der Waals surface area contributed by atoms with E-state index >= 15 is 0 Å². The summed E-state index contributed by atoms with van der Waals surface area (Å²) < 4.78 is 0. The first-order valence-corrected chi connectivity index (χ1v) is 0. The Hall–Kier alpha value is 3.59. The molecule has 4 heavy (non-hydrogen) atoms.